The Hall–Kier alpha value is -1.29. The summed E-state index contributed by atoms with van der Waals surface area (Å²) in [5.74, 6) is 0. The van der Waals surface area contributed by atoms with Gasteiger partial charge in [-0.15, -0.1) is 11.3 Å². The molecule has 4 rings (SSSR count). The Balaban J connectivity index is 1.37. The fraction of sp³-hybridized carbons (Fsp3) is 0.412. The summed E-state index contributed by atoms with van der Waals surface area (Å²) < 4.78 is 45.3. The van der Waals surface area contributed by atoms with Gasteiger partial charge in [0.25, 0.3) is 0 Å². The molecule has 0 spiro atoms. The van der Waals surface area contributed by atoms with E-state index in [2.05, 4.69) is 4.72 Å². The second-order valence-corrected chi connectivity index (χ2v) is 8.98. The van der Waals surface area contributed by atoms with Gasteiger partial charge in [0.05, 0.1) is 25.9 Å². The van der Waals surface area contributed by atoms with Gasteiger partial charge in [0.2, 0.25) is 10.0 Å². The summed E-state index contributed by atoms with van der Waals surface area (Å²) in [6, 6.07) is 12.8. The first-order valence-corrected chi connectivity index (χ1v) is 10.4. The van der Waals surface area contributed by atoms with E-state index in [1.165, 1.54) is 11.3 Å². The summed E-state index contributed by atoms with van der Waals surface area (Å²) in [6.07, 6.45) is -0.767. The molecule has 2 saturated heterocycles. The van der Waals surface area contributed by atoms with Gasteiger partial charge in [-0.3, -0.25) is 0 Å². The first-order valence-electron chi connectivity index (χ1n) is 8.08. The Kier molecular flexibility index (Phi) is 4.90. The topological polar surface area (TPSA) is 73.9 Å². The van der Waals surface area contributed by atoms with Crippen LogP contribution in [0.2, 0.25) is 0 Å². The van der Waals surface area contributed by atoms with E-state index in [0.29, 0.717) is 17.4 Å². The molecule has 1 aromatic carbocycles. The molecule has 0 amide bonds. The normalized spacial score (nSPS) is 29.0. The van der Waals surface area contributed by atoms with E-state index in [1.807, 2.05) is 30.3 Å². The number of benzene rings is 1. The Morgan fingerprint density at radius 3 is 2.64 bits per heavy atom. The molecule has 0 radical (unpaired) electrons. The number of fused-ring (bicyclic) bond motifs is 1. The van der Waals surface area contributed by atoms with Crippen LogP contribution >= 0.6 is 11.3 Å². The number of nitrogens with one attached hydrogen (secondary N) is 1. The zero-order valence-electron chi connectivity index (χ0n) is 13.4. The second-order valence-electron chi connectivity index (χ2n) is 6.09. The van der Waals surface area contributed by atoms with Crippen molar-refractivity contribution in [3.63, 3.8) is 0 Å². The van der Waals surface area contributed by atoms with Crippen LogP contribution < -0.4 is 4.72 Å². The average molecular weight is 381 g/mol. The third-order valence-electron chi connectivity index (χ3n) is 4.38. The highest BCUT2D eigenvalue weighted by Gasteiger charge is 2.49. The third-order valence-corrected chi connectivity index (χ3v) is 7.27. The minimum atomic E-state index is -3.54. The Labute approximate surface area is 150 Å². The van der Waals surface area contributed by atoms with Crippen LogP contribution in [0.4, 0.5) is 0 Å². The molecule has 3 heterocycles. The van der Waals surface area contributed by atoms with Crippen LogP contribution in [-0.2, 0) is 30.8 Å². The fourth-order valence-electron chi connectivity index (χ4n) is 3.16. The highest BCUT2D eigenvalue weighted by atomic mass is 32.2. The lowest BCUT2D eigenvalue weighted by Crippen LogP contribution is -2.44. The predicted octanol–water partition coefficient (Wildman–Crippen LogP) is 1.78. The third kappa shape index (κ3) is 3.64. The summed E-state index contributed by atoms with van der Waals surface area (Å²) in [5.41, 5.74) is 1.08. The van der Waals surface area contributed by atoms with E-state index in [9.17, 15) is 8.42 Å². The highest BCUT2D eigenvalue weighted by Crippen LogP contribution is 2.30. The highest BCUT2D eigenvalue weighted by molar-refractivity contribution is 7.91. The van der Waals surface area contributed by atoms with Gasteiger partial charge >= 0.3 is 0 Å². The van der Waals surface area contributed by atoms with Crippen molar-refractivity contribution in [2.75, 3.05) is 13.2 Å². The molecule has 0 unspecified atom stereocenters. The summed E-state index contributed by atoms with van der Waals surface area (Å²) in [6.45, 7) is 1.16. The molecule has 4 atom stereocenters. The van der Waals surface area contributed by atoms with Crippen molar-refractivity contribution in [3.8, 4) is 0 Å². The fourth-order valence-corrected chi connectivity index (χ4v) is 5.40. The lowest BCUT2D eigenvalue weighted by molar-refractivity contribution is -0.0391. The van der Waals surface area contributed by atoms with Gasteiger partial charge in [-0.1, -0.05) is 36.4 Å². The minimum Gasteiger partial charge on any atom is -0.371 e. The first-order chi connectivity index (χ1) is 12.1. The van der Waals surface area contributed by atoms with Crippen molar-refractivity contribution in [3.05, 3.63) is 53.4 Å². The van der Waals surface area contributed by atoms with Gasteiger partial charge in [-0.05, 0) is 17.0 Å². The predicted molar refractivity (Wildman–Crippen MR) is 92.9 cm³/mol. The number of hydrogen-bond donors (Lipinski definition) is 1. The number of rotatable bonds is 6. The SMILES string of the molecule is O=S(=O)(N[C@H]1CO[C@H]2[C@H]1OC[C@@H]2OCc1ccccc1)c1cccs1. The van der Waals surface area contributed by atoms with Crippen molar-refractivity contribution in [1.29, 1.82) is 0 Å². The van der Waals surface area contributed by atoms with Gasteiger partial charge in [0.1, 0.15) is 22.5 Å². The molecule has 1 N–H and O–H groups in total. The maximum atomic E-state index is 12.4. The molecule has 0 aliphatic carbocycles. The molecule has 0 bridgehead atoms. The molecule has 134 valence electrons. The van der Waals surface area contributed by atoms with E-state index in [0.717, 1.165) is 5.56 Å². The molecule has 8 heteroatoms. The molecule has 2 fully saturated rings. The van der Waals surface area contributed by atoms with Crippen molar-refractivity contribution < 1.29 is 22.6 Å². The van der Waals surface area contributed by atoms with E-state index >= 15 is 0 Å². The maximum absolute atomic E-state index is 12.4. The van der Waals surface area contributed by atoms with Crippen LogP contribution in [0.5, 0.6) is 0 Å². The second kappa shape index (κ2) is 7.14. The standard InChI is InChI=1S/C17H19NO5S2/c19-25(20,15-7-4-8-24-15)18-13-10-22-17-14(11-23-16(13)17)21-9-12-5-2-1-3-6-12/h1-8,13-14,16-18H,9-11H2/t13-,14-,16-,17+/m0/s1. The number of hydrogen-bond acceptors (Lipinski definition) is 6. The number of thiophene rings is 1. The first kappa shape index (κ1) is 17.1. The minimum absolute atomic E-state index is 0.193. The van der Waals surface area contributed by atoms with E-state index in [4.69, 9.17) is 14.2 Å². The van der Waals surface area contributed by atoms with Crippen LogP contribution in [-0.4, -0.2) is 46.0 Å². The van der Waals surface area contributed by atoms with Crippen LogP contribution in [0, 0.1) is 0 Å². The summed E-state index contributed by atoms with van der Waals surface area (Å²) in [5, 5.41) is 1.74. The molecule has 0 saturated carbocycles. The molecular formula is C17H19NO5S2. The lowest BCUT2D eigenvalue weighted by Gasteiger charge is -2.17. The zero-order valence-corrected chi connectivity index (χ0v) is 15.0. The smallest absolute Gasteiger partial charge is 0.250 e. The summed E-state index contributed by atoms with van der Waals surface area (Å²) in [4.78, 5) is 0. The van der Waals surface area contributed by atoms with Crippen LogP contribution in [0.1, 0.15) is 5.56 Å². The van der Waals surface area contributed by atoms with Gasteiger partial charge in [-0.2, -0.15) is 0 Å². The molecular weight excluding hydrogens is 362 g/mol. The number of ether oxygens (including phenoxy) is 3. The van der Waals surface area contributed by atoms with Crippen LogP contribution in [0.3, 0.4) is 0 Å². The van der Waals surface area contributed by atoms with Crippen LogP contribution in [0.15, 0.2) is 52.1 Å². The van der Waals surface area contributed by atoms with Crippen LogP contribution in [0.25, 0.3) is 0 Å². The Bertz CT molecular complexity index is 794. The van der Waals surface area contributed by atoms with Crippen molar-refractivity contribution in [2.24, 2.45) is 0 Å². The van der Waals surface area contributed by atoms with E-state index in [1.54, 1.807) is 17.5 Å². The molecule has 2 aliphatic rings. The molecule has 25 heavy (non-hydrogen) atoms. The van der Waals surface area contributed by atoms with Crippen molar-refractivity contribution >= 4 is 21.4 Å². The zero-order chi connectivity index (χ0) is 17.3. The maximum Gasteiger partial charge on any atom is 0.250 e. The Morgan fingerprint density at radius 2 is 1.88 bits per heavy atom. The quantitative estimate of drug-likeness (QED) is 0.826. The van der Waals surface area contributed by atoms with Crippen molar-refractivity contribution in [2.45, 2.75) is 35.2 Å². The molecule has 2 aliphatic heterocycles. The average Bonchev–Trinajstić information content (AvgIpc) is 3.33. The Morgan fingerprint density at radius 1 is 1.08 bits per heavy atom. The largest absolute Gasteiger partial charge is 0.371 e. The molecule has 1 aromatic heterocycles. The van der Waals surface area contributed by atoms with Gasteiger partial charge in [-0.25, -0.2) is 13.1 Å². The van der Waals surface area contributed by atoms with E-state index in [-0.39, 0.29) is 24.9 Å². The molecule has 6 nitrogen and oxygen atoms in total. The van der Waals surface area contributed by atoms with Gasteiger partial charge in [0, 0.05) is 0 Å². The lowest BCUT2D eigenvalue weighted by atomic mass is 10.1. The van der Waals surface area contributed by atoms with E-state index < -0.39 is 16.1 Å². The van der Waals surface area contributed by atoms with Crippen molar-refractivity contribution in [1.82, 2.24) is 4.72 Å². The number of sulfonamides is 1. The van der Waals surface area contributed by atoms with Gasteiger partial charge in [0.15, 0.2) is 0 Å². The molecule has 2 aromatic rings. The monoisotopic (exact) mass is 381 g/mol. The summed E-state index contributed by atoms with van der Waals surface area (Å²) >= 11 is 1.19. The van der Waals surface area contributed by atoms with Gasteiger partial charge < -0.3 is 14.2 Å². The summed E-state index contributed by atoms with van der Waals surface area (Å²) in [7, 11) is -3.54.